The summed E-state index contributed by atoms with van der Waals surface area (Å²) in [6.45, 7) is 0. The molecule has 0 aromatic carbocycles. The summed E-state index contributed by atoms with van der Waals surface area (Å²) in [5, 5.41) is 21.3. The first-order valence-corrected chi connectivity index (χ1v) is 8.39. The molecule has 0 saturated heterocycles. The minimum atomic E-state index is 0.0916. The van der Waals surface area contributed by atoms with E-state index < -0.39 is 0 Å². The van der Waals surface area contributed by atoms with Gasteiger partial charge in [-0.25, -0.2) is 4.99 Å². The van der Waals surface area contributed by atoms with Crippen LogP contribution in [0.15, 0.2) is 35.2 Å². The number of nitriles is 1. The van der Waals surface area contributed by atoms with E-state index in [1.165, 1.54) is 31.9 Å². The van der Waals surface area contributed by atoms with Crippen LogP contribution in [0.4, 0.5) is 0 Å². The zero-order valence-corrected chi connectivity index (χ0v) is 13.7. The van der Waals surface area contributed by atoms with E-state index in [-0.39, 0.29) is 6.04 Å². The van der Waals surface area contributed by atoms with Gasteiger partial charge in [-0.15, -0.1) is 0 Å². The van der Waals surface area contributed by atoms with Crippen LogP contribution in [-0.4, -0.2) is 21.8 Å². The van der Waals surface area contributed by atoms with Crippen LogP contribution < -0.4 is 5.73 Å². The third kappa shape index (κ3) is 3.30. The highest BCUT2D eigenvalue weighted by molar-refractivity contribution is 6.21. The Morgan fingerprint density at radius 2 is 2.29 bits per heavy atom. The number of rotatable bonds is 6. The number of allylic oxidation sites excluding steroid dienone is 1. The Balaban J connectivity index is 1.85. The van der Waals surface area contributed by atoms with Gasteiger partial charge in [0.1, 0.15) is 5.84 Å². The lowest BCUT2D eigenvalue weighted by Gasteiger charge is -2.18. The van der Waals surface area contributed by atoms with Gasteiger partial charge in [0.15, 0.2) is 0 Å². The molecule has 1 fully saturated rings. The van der Waals surface area contributed by atoms with Crippen LogP contribution in [0.2, 0.25) is 0 Å². The minimum absolute atomic E-state index is 0.0916. The molecule has 1 atom stereocenters. The first kappa shape index (κ1) is 16.2. The average Bonchev–Trinajstić information content (AvgIpc) is 3.31. The molecule has 3 rings (SSSR count). The van der Waals surface area contributed by atoms with Crippen LogP contribution in [0.1, 0.15) is 50.1 Å². The van der Waals surface area contributed by atoms with E-state index in [2.05, 4.69) is 16.2 Å². The predicted octanol–water partition coefficient (Wildman–Crippen LogP) is 3.21. The van der Waals surface area contributed by atoms with Crippen molar-refractivity contribution in [3.8, 4) is 6.07 Å². The third-order valence-electron chi connectivity index (χ3n) is 4.86. The van der Waals surface area contributed by atoms with Gasteiger partial charge in [-0.3, -0.25) is 4.68 Å². The molecule has 1 aromatic heterocycles. The van der Waals surface area contributed by atoms with Gasteiger partial charge in [0.05, 0.1) is 24.7 Å². The normalized spacial score (nSPS) is 20.7. The summed E-state index contributed by atoms with van der Waals surface area (Å²) in [5.41, 5.74) is 8.15. The van der Waals surface area contributed by atoms with Crippen molar-refractivity contribution in [2.45, 2.75) is 44.6 Å². The highest BCUT2D eigenvalue weighted by Crippen LogP contribution is 2.33. The first-order chi connectivity index (χ1) is 11.7. The monoisotopic (exact) mass is 322 g/mol. The maximum Gasteiger partial charge on any atom is 0.131 e. The smallest absolute Gasteiger partial charge is 0.131 e. The van der Waals surface area contributed by atoms with Gasteiger partial charge in [-0.2, -0.15) is 10.4 Å². The van der Waals surface area contributed by atoms with E-state index in [0.29, 0.717) is 23.7 Å². The van der Waals surface area contributed by atoms with Crippen LogP contribution in [0.25, 0.3) is 5.57 Å². The molecule has 0 bridgehead atoms. The van der Waals surface area contributed by atoms with Crippen LogP contribution >= 0.6 is 0 Å². The van der Waals surface area contributed by atoms with Crippen molar-refractivity contribution in [1.82, 2.24) is 9.78 Å². The first-order valence-electron chi connectivity index (χ1n) is 8.39. The Kier molecular flexibility index (Phi) is 4.90. The van der Waals surface area contributed by atoms with Crippen molar-refractivity contribution in [3.05, 3.63) is 35.8 Å². The summed E-state index contributed by atoms with van der Waals surface area (Å²) in [6.07, 6.45) is 14.9. The standard InChI is InChI=1S/C18H22N6/c19-7-5-15(9-13-3-1-2-4-13)24-12-14(11-23-24)17(10-20)16-6-8-22-18(16)21/h6,8,10-13,15,20H,1-5,9H2,(H2,21,22)/b17-16+,20-10?. The number of hydrogen-bond acceptors (Lipinski definition) is 5. The number of nitrogens with zero attached hydrogens (tertiary/aromatic N) is 4. The van der Waals surface area contributed by atoms with Crippen molar-refractivity contribution in [1.29, 1.82) is 10.7 Å². The van der Waals surface area contributed by atoms with E-state index in [9.17, 15) is 0 Å². The van der Waals surface area contributed by atoms with Crippen molar-refractivity contribution in [2.75, 3.05) is 0 Å². The molecule has 6 heteroatoms. The fraction of sp³-hybridized carbons (Fsp3) is 0.444. The molecule has 1 aliphatic heterocycles. The summed E-state index contributed by atoms with van der Waals surface area (Å²) in [6, 6.07) is 2.38. The van der Waals surface area contributed by atoms with Crippen LogP contribution in [0, 0.1) is 22.7 Å². The SMILES string of the molecule is N#CCC(CC1CCCC1)n1cc(/C(C=N)=C2\C=CN=C2N)cn1. The molecule has 0 spiro atoms. The molecule has 24 heavy (non-hydrogen) atoms. The van der Waals surface area contributed by atoms with Crippen LogP contribution in [0.3, 0.4) is 0 Å². The summed E-state index contributed by atoms with van der Waals surface area (Å²) >= 11 is 0. The fourth-order valence-electron chi connectivity index (χ4n) is 3.59. The molecule has 1 unspecified atom stereocenters. The number of hydrogen-bond donors (Lipinski definition) is 2. The zero-order chi connectivity index (χ0) is 16.9. The molecule has 6 nitrogen and oxygen atoms in total. The van der Waals surface area contributed by atoms with Gasteiger partial charge >= 0.3 is 0 Å². The van der Waals surface area contributed by atoms with Crippen molar-refractivity contribution in [2.24, 2.45) is 16.6 Å². The topological polar surface area (TPSA) is 104 Å². The molecule has 3 N–H and O–H groups in total. The second kappa shape index (κ2) is 7.26. The Bertz CT molecular complexity index is 740. The molecule has 1 saturated carbocycles. The quantitative estimate of drug-likeness (QED) is 0.786. The van der Waals surface area contributed by atoms with Crippen molar-refractivity contribution in [3.63, 3.8) is 0 Å². The molecule has 1 aromatic rings. The van der Waals surface area contributed by atoms with E-state index in [4.69, 9.17) is 16.4 Å². The maximum absolute atomic E-state index is 9.16. The molecule has 2 aliphatic rings. The number of nitrogens with one attached hydrogen (secondary N) is 1. The Morgan fingerprint density at radius 3 is 2.92 bits per heavy atom. The molecule has 0 radical (unpaired) electrons. The van der Waals surface area contributed by atoms with Gasteiger partial charge in [-0.05, 0) is 18.4 Å². The fourth-order valence-corrected chi connectivity index (χ4v) is 3.59. The maximum atomic E-state index is 9.16. The van der Waals surface area contributed by atoms with Crippen LogP contribution in [0.5, 0.6) is 0 Å². The molecule has 0 amide bonds. The van der Waals surface area contributed by atoms with E-state index in [1.807, 2.05) is 10.9 Å². The summed E-state index contributed by atoms with van der Waals surface area (Å²) in [5.74, 6) is 1.11. The van der Waals surface area contributed by atoms with E-state index >= 15 is 0 Å². The van der Waals surface area contributed by atoms with E-state index in [0.717, 1.165) is 17.6 Å². The second-order valence-corrected chi connectivity index (χ2v) is 6.41. The number of amidine groups is 1. The van der Waals surface area contributed by atoms with E-state index in [1.54, 1.807) is 18.5 Å². The molecule has 124 valence electrons. The molecule has 2 heterocycles. The summed E-state index contributed by atoms with van der Waals surface area (Å²) in [7, 11) is 0. The van der Waals surface area contributed by atoms with Gasteiger partial charge in [0, 0.05) is 35.3 Å². The van der Waals surface area contributed by atoms with Crippen molar-refractivity contribution < 1.29 is 0 Å². The van der Waals surface area contributed by atoms with Gasteiger partial charge in [0.25, 0.3) is 0 Å². The van der Waals surface area contributed by atoms with Gasteiger partial charge < -0.3 is 11.1 Å². The third-order valence-corrected chi connectivity index (χ3v) is 4.86. The Morgan fingerprint density at radius 1 is 1.50 bits per heavy atom. The second-order valence-electron chi connectivity index (χ2n) is 6.41. The molecular formula is C18H22N6. The highest BCUT2D eigenvalue weighted by Gasteiger charge is 2.22. The predicted molar refractivity (Wildman–Crippen MR) is 94.5 cm³/mol. The number of aromatic nitrogens is 2. The van der Waals surface area contributed by atoms with Gasteiger partial charge in [0.2, 0.25) is 0 Å². The lowest BCUT2D eigenvalue weighted by Crippen LogP contribution is -2.13. The summed E-state index contributed by atoms with van der Waals surface area (Å²) in [4.78, 5) is 4.03. The molecule has 1 aliphatic carbocycles. The number of aliphatic imine (C=N–C) groups is 1. The lowest BCUT2D eigenvalue weighted by molar-refractivity contribution is 0.350. The highest BCUT2D eigenvalue weighted by atomic mass is 15.3. The zero-order valence-electron chi connectivity index (χ0n) is 13.7. The average molecular weight is 322 g/mol. The Hall–Kier alpha value is -2.68. The summed E-state index contributed by atoms with van der Waals surface area (Å²) < 4.78 is 1.88. The van der Waals surface area contributed by atoms with Crippen LogP contribution in [-0.2, 0) is 0 Å². The van der Waals surface area contributed by atoms with Crippen molar-refractivity contribution >= 4 is 17.6 Å². The largest absolute Gasteiger partial charge is 0.383 e. The van der Waals surface area contributed by atoms with Gasteiger partial charge in [-0.1, -0.05) is 25.7 Å². The Labute approximate surface area is 141 Å². The minimum Gasteiger partial charge on any atom is -0.383 e. The lowest BCUT2D eigenvalue weighted by atomic mass is 9.97. The number of nitrogens with two attached hydrogens (primary N) is 1. The molecular weight excluding hydrogens is 300 g/mol.